The SMILES string of the molecule is NC(COc1ccc2ccccc2c1)C1CCOC1. The molecule has 100 valence electrons. The highest BCUT2D eigenvalue weighted by Crippen LogP contribution is 2.21. The highest BCUT2D eigenvalue weighted by atomic mass is 16.5. The highest BCUT2D eigenvalue weighted by Gasteiger charge is 2.23. The van der Waals surface area contributed by atoms with Crippen molar-refractivity contribution in [2.75, 3.05) is 19.8 Å². The third kappa shape index (κ3) is 2.88. The number of rotatable bonds is 4. The summed E-state index contributed by atoms with van der Waals surface area (Å²) in [5.74, 6) is 1.31. The molecule has 1 aliphatic heterocycles. The normalized spacial score (nSPS) is 20.6. The van der Waals surface area contributed by atoms with E-state index < -0.39 is 0 Å². The standard InChI is InChI=1S/C16H19NO2/c17-16(14-7-8-18-10-14)11-19-15-6-5-12-3-1-2-4-13(12)9-15/h1-6,9,14,16H,7-8,10-11,17H2. The molecule has 0 aromatic heterocycles. The summed E-state index contributed by atoms with van der Waals surface area (Å²) in [6.07, 6.45) is 1.04. The van der Waals surface area contributed by atoms with Gasteiger partial charge in [0, 0.05) is 18.6 Å². The van der Waals surface area contributed by atoms with Gasteiger partial charge in [0.25, 0.3) is 0 Å². The highest BCUT2D eigenvalue weighted by molar-refractivity contribution is 5.83. The summed E-state index contributed by atoms with van der Waals surface area (Å²) in [5.41, 5.74) is 6.13. The lowest BCUT2D eigenvalue weighted by atomic mass is 10.0. The van der Waals surface area contributed by atoms with Gasteiger partial charge in [0.2, 0.25) is 0 Å². The Morgan fingerprint density at radius 3 is 2.84 bits per heavy atom. The van der Waals surface area contributed by atoms with E-state index in [0.29, 0.717) is 12.5 Å². The van der Waals surface area contributed by atoms with Gasteiger partial charge in [-0.3, -0.25) is 0 Å². The van der Waals surface area contributed by atoms with E-state index in [1.807, 2.05) is 18.2 Å². The summed E-state index contributed by atoms with van der Waals surface area (Å²) in [4.78, 5) is 0. The summed E-state index contributed by atoms with van der Waals surface area (Å²) >= 11 is 0. The fourth-order valence-corrected chi connectivity index (χ4v) is 2.48. The van der Waals surface area contributed by atoms with Crippen LogP contribution in [0.2, 0.25) is 0 Å². The maximum atomic E-state index is 6.13. The molecule has 2 aromatic rings. The summed E-state index contributed by atoms with van der Waals surface area (Å²) in [7, 11) is 0. The molecule has 3 nitrogen and oxygen atoms in total. The van der Waals surface area contributed by atoms with E-state index in [0.717, 1.165) is 25.4 Å². The Morgan fingerprint density at radius 2 is 2.05 bits per heavy atom. The molecule has 0 saturated carbocycles. The molecule has 19 heavy (non-hydrogen) atoms. The van der Waals surface area contributed by atoms with Crippen LogP contribution in [0.1, 0.15) is 6.42 Å². The van der Waals surface area contributed by atoms with Gasteiger partial charge in [0.05, 0.1) is 6.61 Å². The minimum absolute atomic E-state index is 0.0500. The molecule has 2 atom stereocenters. The number of nitrogens with two attached hydrogens (primary N) is 1. The molecule has 0 aliphatic carbocycles. The van der Waals surface area contributed by atoms with E-state index >= 15 is 0 Å². The Morgan fingerprint density at radius 1 is 1.21 bits per heavy atom. The van der Waals surface area contributed by atoms with Gasteiger partial charge in [-0.15, -0.1) is 0 Å². The van der Waals surface area contributed by atoms with Crippen LogP contribution in [0.25, 0.3) is 10.8 Å². The quantitative estimate of drug-likeness (QED) is 0.915. The van der Waals surface area contributed by atoms with Crippen molar-refractivity contribution in [3.8, 4) is 5.75 Å². The van der Waals surface area contributed by atoms with E-state index in [2.05, 4.69) is 24.3 Å². The fourth-order valence-electron chi connectivity index (χ4n) is 2.48. The second-order valence-corrected chi connectivity index (χ2v) is 5.11. The third-order valence-electron chi connectivity index (χ3n) is 3.73. The molecule has 1 saturated heterocycles. The largest absolute Gasteiger partial charge is 0.492 e. The minimum atomic E-state index is 0.0500. The minimum Gasteiger partial charge on any atom is -0.492 e. The lowest BCUT2D eigenvalue weighted by Crippen LogP contribution is -2.36. The van der Waals surface area contributed by atoms with Crippen molar-refractivity contribution in [2.24, 2.45) is 11.7 Å². The molecule has 0 spiro atoms. The number of benzene rings is 2. The van der Waals surface area contributed by atoms with Gasteiger partial charge < -0.3 is 15.2 Å². The topological polar surface area (TPSA) is 44.5 Å². The van der Waals surface area contributed by atoms with E-state index in [4.69, 9.17) is 15.2 Å². The third-order valence-corrected chi connectivity index (χ3v) is 3.73. The lowest BCUT2D eigenvalue weighted by molar-refractivity contribution is 0.170. The van der Waals surface area contributed by atoms with Gasteiger partial charge in [-0.25, -0.2) is 0 Å². The van der Waals surface area contributed by atoms with Crippen LogP contribution in [-0.4, -0.2) is 25.9 Å². The summed E-state index contributed by atoms with van der Waals surface area (Å²) in [6.45, 7) is 2.14. The molecule has 2 aromatic carbocycles. The number of fused-ring (bicyclic) bond motifs is 1. The smallest absolute Gasteiger partial charge is 0.120 e. The van der Waals surface area contributed by atoms with Crippen molar-refractivity contribution in [1.82, 2.24) is 0 Å². The average Bonchev–Trinajstić information content (AvgIpc) is 2.99. The zero-order chi connectivity index (χ0) is 13.1. The number of hydrogen-bond acceptors (Lipinski definition) is 3. The molecule has 2 N–H and O–H groups in total. The van der Waals surface area contributed by atoms with Gasteiger partial charge >= 0.3 is 0 Å². The molecule has 0 amide bonds. The van der Waals surface area contributed by atoms with Crippen molar-refractivity contribution < 1.29 is 9.47 Å². The van der Waals surface area contributed by atoms with Crippen molar-refractivity contribution in [2.45, 2.75) is 12.5 Å². The first-order valence-electron chi connectivity index (χ1n) is 6.78. The van der Waals surface area contributed by atoms with Crippen molar-refractivity contribution >= 4 is 10.8 Å². The monoisotopic (exact) mass is 257 g/mol. The average molecular weight is 257 g/mol. The predicted molar refractivity (Wildman–Crippen MR) is 76.3 cm³/mol. The number of ether oxygens (including phenoxy) is 2. The molecule has 3 heteroatoms. The molecular formula is C16H19NO2. The summed E-state index contributed by atoms with van der Waals surface area (Å²) in [6, 6.07) is 14.5. The van der Waals surface area contributed by atoms with Gasteiger partial charge in [-0.05, 0) is 29.3 Å². The molecule has 3 rings (SSSR count). The molecule has 0 bridgehead atoms. The zero-order valence-electron chi connectivity index (χ0n) is 10.9. The summed E-state index contributed by atoms with van der Waals surface area (Å²) < 4.78 is 11.2. The van der Waals surface area contributed by atoms with Crippen molar-refractivity contribution in [3.05, 3.63) is 42.5 Å². The number of hydrogen-bond donors (Lipinski definition) is 1. The maximum absolute atomic E-state index is 6.13. The van der Waals surface area contributed by atoms with E-state index in [-0.39, 0.29) is 6.04 Å². The second kappa shape index (κ2) is 5.59. The van der Waals surface area contributed by atoms with Crippen molar-refractivity contribution in [3.63, 3.8) is 0 Å². The summed E-state index contributed by atoms with van der Waals surface area (Å²) in [5, 5.41) is 2.42. The van der Waals surface area contributed by atoms with Gasteiger partial charge in [0.1, 0.15) is 12.4 Å². The zero-order valence-corrected chi connectivity index (χ0v) is 10.9. The van der Waals surface area contributed by atoms with Crippen LogP contribution in [0.15, 0.2) is 42.5 Å². The molecular weight excluding hydrogens is 238 g/mol. The van der Waals surface area contributed by atoms with Crippen LogP contribution < -0.4 is 10.5 Å². The van der Waals surface area contributed by atoms with Gasteiger partial charge in [-0.1, -0.05) is 30.3 Å². The van der Waals surface area contributed by atoms with Crippen LogP contribution in [0.3, 0.4) is 0 Å². The Kier molecular flexibility index (Phi) is 3.67. The molecule has 1 fully saturated rings. The first-order valence-corrected chi connectivity index (χ1v) is 6.78. The lowest BCUT2D eigenvalue weighted by Gasteiger charge is -2.18. The van der Waals surface area contributed by atoms with Gasteiger partial charge in [0.15, 0.2) is 0 Å². The Hall–Kier alpha value is -1.58. The first-order chi connectivity index (χ1) is 9.33. The van der Waals surface area contributed by atoms with Crippen LogP contribution in [-0.2, 0) is 4.74 Å². The van der Waals surface area contributed by atoms with Gasteiger partial charge in [-0.2, -0.15) is 0 Å². The molecule has 1 aliphatic rings. The predicted octanol–water partition coefficient (Wildman–Crippen LogP) is 2.58. The first kappa shape index (κ1) is 12.5. The Labute approximate surface area is 113 Å². The van der Waals surface area contributed by atoms with Crippen LogP contribution in [0.5, 0.6) is 5.75 Å². The maximum Gasteiger partial charge on any atom is 0.120 e. The molecule has 1 heterocycles. The van der Waals surface area contributed by atoms with E-state index in [9.17, 15) is 0 Å². The van der Waals surface area contributed by atoms with Crippen LogP contribution >= 0.6 is 0 Å². The molecule has 2 unspecified atom stereocenters. The van der Waals surface area contributed by atoms with Crippen LogP contribution in [0, 0.1) is 5.92 Å². The Bertz CT molecular complexity index is 549. The second-order valence-electron chi connectivity index (χ2n) is 5.11. The fraction of sp³-hybridized carbons (Fsp3) is 0.375. The van der Waals surface area contributed by atoms with Crippen LogP contribution in [0.4, 0.5) is 0 Å². The van der Waals surface area contributed by atoms with E-state index in [1.54, 1.807) is 0 Å². The van der Waals surface area contributed by atoms with Crippen molar-refractivity contribution in [1.29, 1.82) is 0 Å². The Balaban J connectivity index is 1.64. The van der Waals surface area contributed by atoms with E-state index in [1.165, 1.54) is 10.8 Å². The molecule has 0 radical (unpaired) electrons.